The molecule has 0 atom stereocenters. The van der Waals surface area contributed by atoms with E-state index in [2.05, 4.69) is 10.3 Å². The van der Waals surface area contributed by atoms with E-state index in [0.717, 1.165) is 24.3 Å². The van der Waals surface area contributed by atoms with Crippen molar-refractivity contribution in [1.82, 2.24) is 4.98 Å². The van der Waals surface area contributed by atoms with Crippen LogP contribution in [0.4, 0.5) is 18.9 Å². The molecule has 0 aliphatic rings. The van der Waals surface area contributed by atoms with Gasteiger partial charge in [0.25, 0.3) is 5.91 Å². The Labute approximate surface area is 111 Å². The van der Waals surface area contributed by atoms with E-state index in [1.807, 2.05) is 0 Å². The van der Waals surface area contributed by atoms with Crippen molar-refractivity contribution in [2.24, 2.45) is 0 Å². The number of halogens is 3. The first-order valence-electron chi connectivity index (χ1n) is 5.53. The lowest BCUT2D eigenvalue weighted by atomic mass is 10.1. The second kappa shape index (κ2) is 5.20. The number of carbonyl (C=O) groups excluding carboxylic acids is 1. The third-order valence-electron chi connectivity index (χ3n) is 2.51. The molecule has 1 heterocycles. The van der Waals surface area contributed by atoms with Crippen LogP contribution in [0.2, 0.25) is 0 Å². The highest BCUT2D eigenvalue weighted by molar-refractivity contribution is 6.04. The van der Waals surface area contributed by atoms with Crippen LogP contribution >= 0.6 is 0 Å². The van der Waals surface area contributed by atoms with E-state index in [9.17, 15) is 22.8 Å². The molecule has 0 aliphatic carbocycles. The van der Waals surface area contributed by atoms with Gasteiger partial charge in [-0.2, -0.15) is 13.2 Å². The first kappa shape index (κ1) is 13.9. The minimum atomic E-state index is -4.44. The third kappa shape index (κ3) is 3.25. The molecule has 0 unspecified atom stereocenters. The summed E-state index contributed by atoms with van der Waals surface area (Å²) in [7, 11) is 0. The zero-order valence-corrected chi connectivity index (χ0v) is 9.99. The second-order valence-corrected chi connectivity index (χ2v) is 3.97. The molecule has 20 heavy (non-hydrogen) atoms. The summed E-state index contributed by atoms with van der Waals surface area (Å²) in [6.45, 7) is 0. The number of hydrogen-bond acceptors (Lipinski definition) is 2. The molecule has 0 radical (unpaired) electrons. The Kier molecular flexibility index (Phi) is 3.60. The van der Waals surface area contributed by atoms with Gasteiger partial charge >= 0.3 is 6.18 Å². The van der Waals surface area contributed by atoms with Gasteiger partial charge in [0, 0.05) is 23.5 Å². The highest BCUT2D eigenvalue weighted by Crippen LogP contribution is 2.29. The molecule has 1 amide bonds. The minimum Gasteiger partial charge on any atom is -0.329 e. The molecule has 1 aromatic heterocycles. The fourth-order valence-corrected chi connectivity index (χ4v) is 1.54. The number of aromatic nitrogens is 1. The molecule has 2 rings (SSSR count). The van der Waals surface area contributed by atoms with Gasteiger partial charge in [-0.15, -0.1) is 0 Å². The maximum atomic E-state index is 12.4. The van der Waals surface area contributed by atoms with Crippen molar-refractivity contribution in [1.29, 1.82) is 0 Å². The molecule has 104 valence electrons. The van der Waals surface area contributed by atoms with Gasteiger partial charge in [-0.3, -0.25) is 9.59 Å². The van der Waals surface area contributed by atoms with E-state index >= 15 is 0 Å². The van der Waals surface area contributed by atoms with Crippen LogP contribution in [0.25, 0.3) is 0 Å². The van der Waals surface area contributed by atoms with Crippen molar-refractivity contribution in [3.63, 3.8) is 0 Å². The fraction of sp³-hybridized carbons (Fsp3) is 0.0769. The lowest BCUT2D eigenvalue weighted by Gasteiger charge is -2.08. The zero-order valence-electron chi connectivity index (χ0n) is 9.99. The minimum absolute atomic E-state index is 0.0679. The van der Waals surface area contributed by atoms with Gasteiger partial charge in [0.05, 0.1) is 5.56 Å². The normalized spacial score (nSPS) is 11.2. The Hall–Kier alpha value is -2.57. The molecule has 2 N–H and O–H groups in total. The molecular formula is C13H9F3N2O2. The fourth-order valence-electron chi connectivity index (χ4n) is 1.54. The molecule has 0 aliphatic heterocycles. The summed E-state index contributed by atoms with van der Waals surface area (Å²) in [4.78, 5) is 25.2. The molecular weight excluding hydrogens is 273 g/mol. The monoisotopic (exact) mass is 282 g/mol. The van der Waals surface area contributed by atoms with Crippen LogP contribution in [0.15, 0.2) is 47.4 Å². The van der Waals surface area contributed by atoms with Crippen molar-refractivity contribution in [2.45, 2.75) is 6.18 Å². The standard InChI is InChI=1S/C13H9F3N2O2/c14-13(15,16)9-3-1-8(2-4-9)12(20)18-10-5-6-17-11(19)7-10/h1-7H,(H2,17,18,19,20). The number of amides is 1. The number of hydrogen-bond donors (Lipinski definition) is 2. The number of benzene rings is 1. The van der Waals surface area contributed by atoms with E-state index < -0.39 is 23.2 Å². The Morgan fingerprint density at radius 2 is 1.75 bits per heavy atom. The number of rotatable bonds is 2. The maximum absolute atomic E-state index is 12.4. The SMILES string of the molecule is O=C(Nc1cc[nH]c(=O)c1)c1ccc(C(F)(F)F)cc1. The highest BCUT2D eigenvalue weighted by Gasteiger charge is 2.30. The van der Waals surface area contributed by atoms with Crippen LogP contribution < -0.4 is 10.9 Å². The van der Waals surface area contributed by atoms with Crippen molar-refractivity contribution in [3.05, 3.63) is 64.1 Å². The predicted octanol–water partition coefficient (Wildman–Crippen LogP) is 2.65. The molecule has 0 saturated heterocycles. The molecule has 2 aromatic rings. The van der Waals surface area contributed by atoms with Gasteiger partial charge in [0.15, 0.2) is 0 Å². The number of carbonyl (C=O) groups is 1. The lowest BCUT2D eigenvalue weighted by Crippen LogP contribution is -2.14. The van der Waals surface area contributed by atoms with Crippen LogP contribution in [0.3, 0.4) is 0 Å². The number of pyridine rings is 1. The van der Waals surface area contributed by atoms with Gasteiger partial charge in [-0.05, 0) is 30.3 Å². The summed E-state index contributed by atoms with van der Waals surface area (Å²) >= 11 is 0. The average molecular weight is 282 g/mol. The lowest BCUT2D eigenvalue weighted by molar-refractivity contribution is -0.137. The average Bonchev–Trinajstić information content (AvgIpc) is 2.38. The number of aromatic amines is 1. The van der Waals surface area contributed by atoms with Crippen LogP contribution in [-0.2, 0) is 6.18 Å². The van der Waals surface area contributed by atoms with E-state index in [-0.39, 0.29) is 11.3 Å². The third-order valence-corrected chi connectivity index (χ3v) is 2.51. The van der Waals surface area contributed by atoms with Crippen LogP contribution in [0.5, 0.6) is 0 Å². The number of anilines is 1. The first-order valence-corrected chi connectivity index (χ1v) is 5.53. The van der Waals surface area contributed by atoms with Crippen LogP contribution in [-0.4, -0.2) is 10.9 Å². The maximum Gasteiger partial charge on any atom is 0.416 e. The predicted molar refractivity (Wildman–Crippen MR) is 66.5 cm³/mol. The Morgan fingerprint density at radius 1 is 1.10 bits per heavy atom. The molecule has 0 fully saturated rings. The number of H-pyrrole nitrogens is 1. The number of nitrogens with one attached hydrogen (secondary N) is 2. The summed E-state index contributed by atoms with van der Waals surface area (Å²) in [5.41, 5.74) is -0.891. The van der Waals surface area contributed by atoms with Gasteiger partial charge < -0.3 is 10.3 Å². The molecule has 4 nitrogen and oxygen atoms in total. The Balaban J connectivity index is 2.16. The summed E-state index contributed by atoms with van der Waals surface area (Å²) < 4.78 is 37.1. The zero-order chi connectivity index (χ0) is 14.8. The highest BCUT2D eigenvalue weighted by atomic mass is 19.4. The molecule has 0 spiro atoms. The summed E-state index contributed by atoms with van der Waals surface area (Å²) in [6, 6.07) is 6.43. The molecule has 1 aromatic carbocycles. The van der Waals surface area contributed by atoms with Crippen molar-refractivity contribution in [3.8, 4) is 0 Å². The summed E-state index contributed by atoms with van der Waals surface area (Å²) in [5.74, 6) is -0.593. The summed E-state index contributed by atoms with van der Waals surface area (Å²) in [6.07, 6.45) is -3.09. The molecule has 7 heteroatoms. The Bertz CT molecular complexity index is 675. The molecule has 0 bridgehead atoms. The van der Waals surface area contributed by atoms with Gasteiger partial charge in [0.1, 0.15) is 0 Å². The van der Waals surface area contributed by atoms with Gasteiger partial charge in [-0.1, -0.05) is 0 Å². The quantitative estimate of drug-likeness (QED) is 0.889. The van der Waals surface area contributed by atoms with E-state index in [1.54, 1.807) is 0 Å². The number of alkyl halides is 3. The van der Waals surface area contributed by atoms with Crippen molar-refractivity contribution < 1.29 is 18.0 Å². The first-order chi connectivity index (χ1) is 9.36. The van der Waals surface area contributed by atoms with Crippen molar-refractivity contribution >= 4 is 11.6 Å². The van der Waals surface area contributed by atoms with Gasteiger partial charge in [-0.25, -0.2) is 0 Å². The smallest absolute Gasteiger partial charge is 0.329 e. The van der Waals surface area contributed by atoms with Gasteiger partial charge in [0.2, 0.25) is 5.56 Å². The Morgan fingerprint density at radius 3 is 2.30 bits per heavy atom. The van der Waals surface area contributed by atoms with E-state index in [1.165, 1.54) is 18.3 Å². The second-order valence-electron chi connectivity index (χ2n) is 3.97. The van der Waals surface area contributed by atoms with Crippen LogP contribution in [0.1, 0.15) is 15.9 Å². The van der Waals surface area contributed by atoms with Crippen molar-refractivity contribution in [2.75, 3.05) is 5.32 Å². The molecule has 0 saturated carbocycles. The topological polar surface area (TPSA) is 62.0 Å². The summed E-state index contributed by atoms with van der Waals surface area (Å²) in [5, 5.41) is 2.42. The van der Waals surface area contributed by atoms with Crippen LogP contribution in [0, 0.1) is 0 Å². The largest absolute Gasteiger partial charge is 0.416 e. The van der Waals surface area contributed by atoms with E-state index in [0.29, 0.717) is 0 Å². The van der Waals surface area contributed by atoms with E-state index in [4.69, 9.17) is 0 Å².